The number of hydrogen-bond donors (Lipinski definition) is 5. The van der Waals surface area contributed by atoms with E-state index in [9.17, 15) is 5.11 Å². The van der Waals surface area contributed by atoms with E-state index in [4.69, 9.17) is 25.3 Å². The highest BCUT2D eigenvalue weighted by Gasteiger charge is 2.28. The summed E-state index contributed by atoms with van der Waals surface area (Å²) in [6, 6.07) is 8.45. The normalized spacial score (nSPS) is 12.7. The Morgan fingerprint density at radius 2 is 1.71 bits per heavy atom. The molecule has 0 amide bonds. The fourth-order valence-corrected chi connectivity index (χ4v) is 1.53. The standard InChI is InChI=1S/C14H20N2O5/c15-5-11-1-3-13(4-2-11)21-7-12(20)6-16-14(8-17,9-18)10-19/h1-4,12,16-20H,6-10H2. The predicted octanol–water partition coefficient (Wildman–Crippen LogP) is -1.40. The molecule has 1 unspecified atom stereocenters. The molecule has 0 bridgehead atoms. The minimum absolute atomic E-state index is 0.00271. The molecule has 1 aromatic rings. The molecule has 0 spiro atoms. The lowest BCUT2D eigenvalue weighted by Crippen LogP contribution is -2.57. The van der Waals surface area contributed by atoms with Crippen molar-refractivity contribution in [2.24, 2.45) is 0 Å². The fourth-order valence-electron chi connectivity index (χ4n) is 1.53. The monoisotopic (exact) mass is 296 g/mol. The molecule has 0 fully saturated rings. The first-order chi connectivity index (χ1) is 10.1. The first kappa shape index (κ1) is 17.4. The van der Waals surface area contributed by atoms with Crippen LogP contribution in [0.2, 0.25) is 0 Å². The number of rotatable bonds is 9. The van der Waals surface area contributed by atoms with Gasteiger partial charge in [0.1, 0.15) is 18.5 Å². The average molecular weight is 296 g/mol. The van der Waals surface area contributed by atoms with Gasteiger partial charge >= 0.3 is 0 Å². The number of aliphatic hydroxyl groups is 4. The Kier molecular flexibility index (Phi) is 7.08. The number of ether oxygens (including phenoxy) is 1. The van der Waals surface area contributed by atoms with Gasteiger partial charge in [0.15, 0.2) is 0 Å². The van der Waals surface area contributed by atoms with E-state index >= 15 is 0 Å². The van der Waals surface area contributed by atoms with E-state index < -0.39 is 31.5 Å². The fraction of sp³-hybridized carbons (Fsp3) is 0.500. The van der Waals surface area contributed by atoms with Crippen LogP contribution in [0.4, 0.5) is 0 Å². The van der Waals surface area contributed by atoms with Crippen molar-refractivity contribution in [2.75, 3.05) is 33.0 Å². The maximum Gasteiger partial charge on any atom is 0.119 e. The summed E-state index contributed by atoms with van der Waals surface area (Å²) in [6.45, 7) is -1.33. The van der Waals surface area contributed by atoms with Gasteiger partial charge in [0.2, 0.25) is 0 Å². The van der Waals surface area contributed by atoms with Gasteiger partial charge in [-0.3, -0.25) is 0 Å². The van der Waals surface area contributed by atoms with Gasteiger partial charge in [0.25, 0.3) is 0 Å². The summed E-state index contributed by atoms with van der Waals surface area (Å²) in [5.41, 5.74) is -0.710. The first-order valence-corrected chi connectivity index (χ1v) is 6.48. The molecular formula is C14H20N2O5. The van der Waals surface area contributed by atoms with Gasteiger partial charge in [-0.15, -0.1) is 0 Å². The van der Waals surface area contributed by atoms with E-state index in [1.54, 1.807) is 24.3 Å². The van der Waals surface area contributed by atoms with Crippen molar-refractivity contribution in [2.45, 2.75) is 11.6 Å². The third-order valence-corrected chi connectivity index (χ3v) is 3.05. The molecule has 1 aromatic carbocycles. The topological polar surface area (TPSA) is 126 Å². The smallest absolute Gasteiger partial charge is 0.119 e. The van der Waals surface area contributed by atoms with Gasteiger partial charge < -0.3 is 30.5 Å². The molecule has 7 heteroatoms. The maximum atomic E-state index is 9.78. The van der Waals surface area contributed by atoms with Crippen LogP contribution in [0.25, 0.3) is 0 Å². The predicted molar refractivity (Wildman–Crippen MR) is 74.6 cm³/mol. The van der Waals surface area contributed by atoms with Crippen molar-refractivity contribution in [3.8, 4) is 11.8 Å². The number of aliphatic hydroxyl groups excluding tert-OH is 4. The van der Waals surface area contributed by atoms with E-state index in [1.165, 1.54) is 0 Å². The molecule has 0 saturated heterocycles. The minimum Gasteiger partial charge on any atom is -0.491 e. The first-order valence-electron chi connectivity index (χ1n) is 6.48. The van der Waals surface area contributed by atoms with Crippen molar-refractivity contribution in [1.82, 2.24) is 5.32 Å². The molecule has 0 aliphatic heterocycles. The van der Waals surface area contributed by atoms with Crippen LogP contribution in [0.15, 0.2) is 24.3 Å². The lowest BCUT2D eigenvalue weighted by molar-refractivity contribution is 0.0261. The van der Waals surface area contributed by atoms with Gasteiger partial charge in [0.05, 0.1) is 37.0 Å². The molecule has 0 aromatic heterocycles. The summed E-state index contributed by atoms with van der Waals surface area (Å²) in [4.78, 5) is 0. The van der Waals surface area contributed by atoms with Crippen molar-refractivity contribution in [1.29, 1.82) is 5.26 Å². The Balaban J connectivity index is 2.40. The molecule has 0 radical (unpaired) electrons. The second-order valence-electron chi connectivity index (χ2n) is 4.74. The summed E-state index contributed by atoms with van der Waals surface area (Å²) in [5.74, 6) is 0.519. The highest BCUT2D eigenvalue weighted by Crippen LogP contribution is 2.11. The van der Waals surface area contributed by atoms with Crippen LogP contribution in [0.5, 0.6) is 5.75 Å². The van der Waals surface area contributed by atoms with E-state index in [-0.39, 0.29) is 13.2 Å². The Hall–Kier alpha value is -1.69. The van der Waals surface area contributed by atoms with E-state index in [0.717, 1.165) is 0 Å². The molecule has 0 heterocycles. The number of nitrogens with zero attached hydrogens (tertiary/aromatic N) is 1. The number of benzene rings is 1. The number of nitriles is 1. The highest BCUT2D eigenvalue weighted by molar-refractivity contribution is 5.34. The summed E-state index contributed by atoms with van der Waals surface area (Å²) < 4.78 is 5.35. The van der Waals surface area contributed by atoms with Crippen LogP contribution in [-0.2, 0) is 0 Å². The van der Waals surface area contributed by atoms with Gasteiger partial charge in [-0.25, -0.2) is 0 Å². The largest absolute Gasteiger partial charge is 0.491 e. The third-order valence-electron chi connectivity index (χ3n) is 3.05. The molecule has 0 aliphatic carbocycles. The summed E-state index contributed by atoms with van der Waals surface area (Å²) in [7, 11) is 0. The molecule has 0 aliphatic rings. The van der Waals surface area contributed by atoms with Crippen LogP contribution in [-0.4, -0.2) is 65.0 Å². The van der Waals surface area contributed by atoms with Crippen LogP contribution in [0.1, 0.15) is 5.56 Å². The second-order valence-corrected chi connectivity index (χ2v) is 4.74. The van der Waals surface area contributed by atoms with Crippen LogP contribution in [0, 0.1) is 11.3 Å². The summed E-state index contributed by atoms with van der Waals surface area (Å²) >= 11 is 0. The molecule has 21 heavy (non-hydrogen) atoms. The lowest BCUT2D eigenvalue weighted by atomic mass is 10.0. The minimum atomic E-state index is -1.23. The van der Waals surface area contributed by atoms with Crippen molar-refractivity contribution >= 4 is 0 Å². The zero-order valence-corrected chi connectivity index (χ0v) is 11.6. The Morgan fingerprint density at radius 1 is 1.14 bits per heavy atom. The van der Waals surface area contributed by atoms with Gasteiger partial charge in [-0.1, -0.05) is 0 Å². The number of hydrogen-bond acceptors (Lipinski definition) is 7. The third kappa shape index (κ3) is 5.30. The molecule has 0 saturated carbocycles. The van der Waals surface area contributed by atoms with Crippen LogP contribution >= 0.6 is 0 Å². The van der Waals surface area contributed by atoms with Crippen molar-refractivity contribution < 1.29 is 25.2 Å². The van der Waals surface area contributed by atoms with E-state index in [0.29, 0.717) is 11.3 Å². The Labute approximate surface area is 123 Å². The molecular weight excluding hydrogens is 276 g/mol. The zero-order chi connectivity index (χ0) is 15.7. The van der Waals surface area contributed by atoms with E-state index in [1.807, 2.05) is 6.07 Å². The van der Waals surface area contributed by atoms with Crippen LogP contribution < -0.4 is 10.1 Å². The molecule has 116 valence electrons. The summed E-state index contributed by atoms with van der Waals surface area (Å²) in [6.07, 6.45) is -0.885. The molecule has 1 rings (SSSR count). The van der Waals surface area contributed by atoms with Gasteiger partial charge in [-0.05, 0) is 24.3 Å². The Bertz CT molecular complexity index is 445. The van der Waals surface area contributed by atoms with Crippen LogP contribution in [0.3, 0.4) is 0 Å². The highest BCUT2D eigenvalue weighted by atomic mass is 16.5. The SMILES string of the molecule is N#Cc1ccc(OCC(O)CNC(CO)(CO)CO)cc1. The summed E-state index contributed by atoms with van der Waals surface area (Å²) in [5, 5.41) is 48.5. The Morgan fingerprint density at radius 3 is 2.19 bits per heavy atom. The lowest BCUT2D eigenvalue weighted by Gasteiger charge is -2.29. The number of nitrogens with one attached hydrogen (secondary N) is 1. The van der Waals surface area contributed by atoms with Crippen molar-refractivity contribution in [3.05, 3.63) is 29.8 Å². The maximum absolute atomic E-state index is 9.78. The zero-order valence-electron chi connectivity index (χ0n) is 11.6. The van der Waals surface area contributed by atoms with Gasteiger partial charge in [0, 0.05) is 6.54 Å². The molecule has 5 N–H and O–H groups in total. The second kappa shape index (κ2) is 8.56. The quantitative estimate of drug-likeness (QED) is 0.379. The van der Waals surface area contributed by atoms with Gasteiger partial charge in [-0.2, -0.15) is 5.26 Å². The molecule has 7 nitrogen and oxygen atoms in total. The van der Waals surface area contributed by atoms with Crippen molar-refractivity contribution in [3.63, 3.8) is 0 Å². The number of β-amino-alcohol motifs (C(OH)–C–C–N with tert-alkyl or cyclic N) is 1. The van der Waals surface area contributed by atoms with E-state index in [2.05, 4.69) is 5.32 Å². The molecule has 1 atom stereocenters. The average Bonchev–Trinajstić information content (AvgIpc) is 2.55.